The molecule has 0 aliphatic carbocycles. The van der Waals surface area contributed by atoms with Crippen molar-refractivity contribution in [3.8, 4) is 0 Å². The monoisotopic (exact) mass is 229 g/mol. The lowest BCUT2D eigenvalue weighted by Crippen LogP contribution is -2.31. The van der Waals surface area contributed by atoms with E-state index in [1.807, 2.05) is 0 Å². The number of rotatable bonds is 4. The molecule has 1 aromatic carbocycles. The van der Waals surface area contributed by atoms with Crippen LogP contribution in [0.1, 0.15) is 17.3 Å². The van der Waals surface area contributed by atoms with Crippen molar-refractivity contribution in [1.29, 1.82) is 0 Å². The Morgan fingerprint density at radius 3 is 2.47 bits per heavy atom. The lowest BCUT2D eigenvalue weighted by molar-refractivity contribution is 0.0976. The molecule has 0 spiro atoms. The third kappa shape index (κ3) is 3.69. The highest BCUT2D eigenvalue weighted by Crippen LogP contribution is 1.99. The molecule has 0 bridgehead atoms. The van der Waals surface area contributed by atoms with E-state index in [9.17, 15) is 13.2 Å². The molecular weight excluding hydrogens is 218 g/mol. The molecule has 0 aliphatic heterocycles. The number of amides is 1. The summed E-state index contributed by atoms with van der Waals surface area (Å²) in [5.41, 5.74) is 0.265. The Balaban J connectivity index is 2.73. The Morgan fingerprint density at radius 2 is 1.93 bits per heavy atom. The summed E-state index contributed by atoms with van der Waals surface area (Å²) in [6.07, 6.45) is 0. The second kappa shape index (κ2) is 4.90. The lowest BCUT2D eigenvalue weighted by Gasteiger charge is -2.04. The van der Waals surface area contributed by atoms with Gasteiger partial charge >= 0.3 is 10.3 Å². The van der Waals surface area contributed by atoms with Gasteiger partial charge in [-0.1, -0.05) is 18.2 Å². The molecule has 0 aliphatic rings. The van der Waals surface area contributed by atoms with Crippen LogP contribution >= 0.6 is 0 Å². The Hall–Kier alpha value is -1.40. The van der Waals surface area contributed by atoms with Crippen LogP contribution in [0, 0.1) is 0 Å². The van der Waals surface area contributed by atoms with Gasteiger partial charge in [-0.05, 0) is 19.1 Å². The van der Waals surface area contributed by atoms with Gasteiger partial charge in [-0.2, -0.15) is 8.42 Å². The van der Waals surface area contributed by atoms with Crippen molar-refractivity contribution in [3.63, 3.8) is 0 Å². The number of benzene rings is 1. The third-order valence-electron chi connectivity index (χ3n) is 1.53. The molecule has 0 aromatic heterocycles. The molecule has 82 valence electrons. The summed E-state index contributed by atoms with van der Waals surface area (Å²) in [7, 11) is -3.98. The minimum Gasteiger partial charge on any atom is -0.268 e. The van der Waals surface area contributed by atoms with E-state index in [-0.39, 0.29) is 12.2 Å². The third-order valence-corrected chi connectivity index (χ3v) is 2.51. The molecule has 0 unspecified atom stereocenters. The normalized spacial score (nSPS) is 11.0. The molecule has 6 heteroatoms. The van der Waals surface area contributed by atoms with Gasteiger partial charge in [0.2, 0.25) is 0 Å². The fourth-order valence-corrected chi connectivity index (χ4v) is 1.66. The predicted octanol–water partition coefficient (Wildman–Crippen LogP) is 0.698. The van der Waals surface area contributed by atoms with Crippen molar-refractivity contribution in [2.24, 2.45) is 0 Å². The molecule has 1 N–H and O–H groups in total. The first-order valence-corrected chi connectivity index (χ1v) is 5.72. The zero-order valence-electron chi connectivity index (χ0n) is 8.14. The summed E-state index contributed by atoms with van der Waals surface area (Å²) in [5, 5.41) is 0. The first-order valence-electron chi connectivity index (χ1n) is 4.31. The van der Waals surface area contributed by atoms with Gasteiger partial charge in [0.25, 0.3) is 5.91 Å². The van der Waals surface area contributed by atoms with Crippen LogP contribution < -0.4 is 4.72 Å². The summed E-state index contributed by atoms with van der Waals surface area (Å²) in [6, 6.07) is 8.03. The first-order chi connectivity index (χ1) is 7.05. The van der Waals surface area contributed by atoms with E-state index in [0.717, 1.165) is 0 Å². The van der Waals surface area contributed by atoms with Crippen LogP contribution in [0.4, 0.5) is 0 Å². The van der Waals surface area contributed by atoms with E-state index in [1.165, 1.54) is 19.1 Å². The molecule has 5 nitrogen and oxygen atoms in total. The minimum atomic E-state index is -3.98. The van der Waals surface area contributed by atoms with Crippen LogP contribution in [0.2, 0.25) is 0 Å². The van der Waals surface area contributed by atoms with E-state index in [0.29, 0.717) is 0 Å². The molecule has 0 fully saturated rings. The summed E-state index contributed by atoms with van der Waals surface area (Å²) in [6.45, 7) is 1.50. The number of carbonyl (C=O) groups excluding carboxylic acids is 1. The highest BCUT2D eigenvalue weighted by Gasteiger charge is 2.15. The number of hydrogen-bond donors (Lipinski definition) is 1. The highest BCUT2D eigenvalue weighted by atomic mass is 32.2. The van der Waals surface area contributed by atoms with Crippen molar-refractivity contribution in [3.05, 3.63) is 35.9 Å². The molecule has 0 heterocycles. The second-order valence-corrected chi connectivity index (χ2v) is 4.01. The molecule has 1 rings (SSSR count). The molecule has 0 saturated heterocycles. The Kier molecular flexibility index (Phi) is 3.81. The van der Waals surface area contributed by atoms with Gasteiger partial charge in [0.05, 0.1) is 6.61 Å². The Labute approximate surface area is 88.3 Å². The van der Waals surface area contributed by atoms with Gasteiger partial charge in [0.15, 0.2) is 0 Å². The fraction of sp³-hybridized carbons (Fsp3) is 0.222. The summed E-state index contributed by atoms with van der Waals surface area (Å²) in [5.74, 6) is -0.705. The molecule has 1 aromatic rings. The van der Waals surface area contributed by atoms with Crippen molar-refractivity contribution in [2.45, 2.75) is 6.92 Å². The standard InChI is InChI=1S/C9H11NO4S/c1-2-14-15(12,13)10-9(11)8-6-4-3-5-7-8/h3-7H,2H2,1H3,(H,10,11). The van der Waals surface area contributed by atoms with Gasteiger partial charge in [0, 0.05) is 5.56 Å². The van der Waals surface area contributed by atoms with E-state index in [4.69, 9.17) is 0 Å². The first kappa shape index (κ1) is 11.7. The van der Waals surface area contributed by atoms with Gasteiger partial charge in [-0.3, -0.25) is 8.98 Å². The lowest BCUT2D eigenvalue weighted by atomic mass is 10.2. The summed E-state index contributed by atoms with van der Waals surface area (Å²) >= 11 is 0. The smallest absolute Gasteiger partial charge is 0.268 e. The van der Waals surface area contributed by atoms with Crippen molar-refractivity contribution in [2.75, 3.05) is 6.61 Å². The SMILES string of the molecule is CCOS(=O)(=O)NC(=O)c1ccccc1. The highest BCUT2D eigenvalue weighted by molar-refractivity contribution is 7.85. The second-order valence-electron chi connectivity index (χ2n) is 2.66. The van der Waals surface area contributed by atoms with E-state index >= 15 is 0 Å². The zero-order chi connectivity index (χ0) is 11.3. The molecule has 0 atom stereocenters. The van der Waals surface area contributed by atoms with Crippen LogP contribution in [-0.4, -0.2) is 20.9 Å². The quantitative estimate of drug-likeness (QED) is 0.824. The maximum absolute atomic E-state index is 11.4. The van der Waals surface area contributed by atoms with Gasteiger partial charge < -0.3 is 0 Å². The maximum atomic E-state index is 11.4. The van der Waals surface area contributed by atoms with Crippen LogP contribution in [0.3, 0.4) is 0 Å². The molecular formula is C9H11NO4S. The van der Waals surface area contributed by atoms with Gasteiger partial charge in [-0.25, -0.2) is 4.72 Å². The van der Waals surface area contributed by atoms with E-state index in [2.05, 4.69) is 4.18 Å². The average molecular weight is 229 g/mol. The van der Waals surface area contributed by atoms with Crippen molar-refractivity contribution in [1.82, 2.24) is 4.72 Å². The largest absolute Gasteiger partial charge is 0.362 e. The topological polar surface area (TPSA) is 72.5 Å². The van der Waals surface area contributed by atoms with Crippen molar-refractivity contribution < 1.29 is 17.4 Å². The van der Waals surface area contributed by atoms with Gasteiger partial charge in [-0.15, -0.1) is 0 Å². The molecule has 1 amide bonds. The van der Waals surface area contributed by atoms with E-state index in [1.54, 1.807) is 22.9 Å². The molecule has 0 radical (unpaired) electrons. The summed E-state index contributed by atoms with van der Waals surface area (Å²) in [4.78, 5) is 11.4. The Bertz CT molecular complexity index is 427. The van der Waals surface area contributed by atoms with Gasteiger partial charge in [0.1, 0.15) is 0 Å². The number of carbonyl (C=O) groups is 1. The maximum Gasteiger partial charge on any atom is 0.362 e. The van der Waals surface area contributed by atoms with Crippen molar-refractivity contribution >= 4 is 16.2 Å². The summed E-state index contributed by atoms with van der Waals surface area (Å²) < 4.78 is 28.3. The number of hydrogen-bond acceptors (Lipinski definition) is 4. The average Bonchev–Trinajstić information content (AvgIpc) is 2.18. The van der Waals surface area contributed by atoms with Crippen LogP contribution in [0.15, 0.2) is 30.3 Å². The fourth-order valence-electron chi connectivity index (χ4n) is 0.947. The van der Waals surface area contributed by atoms with Crippen LogP contribution in [0.5, 0.6) is 0 Å². The van der Waals surface area contributed by atoms with Crippen LogP contribution in [0.25, 0.3) is 0 Å². The Morgan fingerprint density at radius 1 is 1.33 bits per heavy atom. The predicted molar refractivity (Wildman–Crippen MR) is 54.5 cm³/mol. The molecule has 15 heavy (non-hydrogen) atoms. The molecule has 0 saturated carbocycles. The zero-order valence-corrected chi connectivity index (χ0v) is 8.95. The van der Waals surface area contributed by atoms with Crippen LogP contribution in [-0.2, 0) is 14.5 Å². The van der Waals surface area contributed by atoms with E-state index < -0.39 is 16.2 Å². The minimum absolute atomic E-state index is 0.0165. The number of nitrogens with one attached hydrogen (secondary N) is 1.